The molecule has 2 aromatic rings. The van der Waals surface area contributed by atoms with Crippen molar-refractivity contribution in [3.8, 4) is 11.5 Å². The molecule has 2 aromatic carbocycles. The van der Waals surface area contributed by atoms with E-state index in [1.165, 1.54) is 11.0 Å². The fraction of sp³-hybridized carbons (Fsp3) is 0.481. The Hall–Kier alpha value is -2.69. The third-order valence-corrected chi connectivity index (χ3v) is 8.80. The van der Waals surface area contributed by atoms with Gasteiger partial charge in [0, 0.05) is 18.7 Å². The first-order valence-electron chi connectivity index (χ1n) is 13.0. The zero-order chi connectivity index (χ0) is 28.2. The molecular weight excluding hydrogens is 565 g/mol. The number of sulfonamides is 1. The number of carbonyl (C=O) groups is 2. The molecule has 12 heteroatoms. The summed E-state index contributed by atoms with van der Waals surface area (Å²) in [6, 6.07) is 8.97. The number of benzene rings is 2. The Bertz CT molecular complexity index is 1320. The second-order valence-corrected chi connectivity index (χ2v) is 12.5. The van der Waals surface area contributed by atoms with Crippen LogP contribution >= 0.6 is 23.2 Å². The van der Waals surface area contributed by atoms with Gasteiger partial charge in [-0.2, -0.15) is 0 Å². The third kappa shape index (κ3) is 7.29. The number of nitrogens with zero attached hydrogens (tertiary/aromatic N) is 2. The van der Waals surface area contributed by atoms with Crippen LogP contribution in [0.3, 0.4) is 0 Å². The summed E-state index contributed by atoms with van der Waals surface area (Å²) >= 11 is 12.3. The van der Waals surface area contributed by atoms with Crippen molar-refractivity contribution in [2.75, 3.05) is 30.3 Å². The minimum Gasteiger partial charge on any atom is -0.486 e. The number of ether oxygens (including phenoxy) is 2. The van der Waals surface area contributed by atoms with Gasteiger partial charge in [-0.15, -0.1) is 0 Å². The zero-order valence-corrected chi connectivity index (χ0v) is 24.3. The van der Waals surface area contributed by atoms with Crippen LogP contribution < -0.4 is 19.1 Å². The van der Waals surface area contributed by atoms with Crippen LogP contribution in [-0.2, 0) is 26.2 Å². The normalized spacial score (nSPS) is 16.0. The number of anilines is 1. The van der Waals surface area contributed by atoms with E-state index in [0.29, 0.717) is 46.7 Å². The molecule has 0 radical (unpaired) electrons. The van der Waals surface area contributed by atoms with Crippen LogP contribution in [0.2, 0.25) is 10.0 Å². The van der Waals surface area contributed by atoms with Gasteiger partial charge in [-0.25, -0.2) is 8.42 Å². The van der Waals surface area contributed by atoms with Crippen LogP contribution in [0, 0.1) is 0 Å². The fourth-order valence-corrected chi connectivity index (χ4v) is 6.08. The molecule has 9 nitrogen and oxygen atoms in total. The molecule has 0 bridgehead atoms. The summed E-state index contributed by atoms with van der Waals surface area (Å²) in [6.45, 7) is 2.09. The lowest BCUT2D eigenvalue weighted by atomic mass is 10.1. The molecule has 1 N–H and O–H groups in total. The zero-order valence-electron chi connectivity index (χ0n) is 22.0. The van der Waals surface area contributed by atoms with Crippen LogP contribution in [0.4, 0.5) is 5.69 Å². The number of amides is 2. The van der Waals surface area contributed by atoms with Gasteiger partial charge >= 0.3 is 0 Å². The number of carbonyl (C=O) groups excluding carboxylic acids is 2. The van der Waals surface area contributed by atoms with E-state index in [9.17, 15) is 18.0 Å². The quantitative estimate of drug-likeness (QED) is 0.435. The van der Waals surface area contributed by atoms with Gasteiger partial charge in [0.15, 0.2) is 11.5 Å². The monoisotopic (exact) mass is 597 g/mol. The van der Waals surface area contributed by atoms with Crippen LogP contribution in [-0.4, -0.2) is 63.2 Å². The largest absolute Gasteiger partial charge is 0.486 e. The van der Waals surface area contributed by atoms with Crippen LogP contribution in [0.1, 0.15) is 44.6 Å². The summed E-state index contributed by atoms with van der Waals surface area (Å²) in [4.78, 5) is 28.7. The van der Waals surface area contributed by atoms with Gasteiger partial charge in [0.1, 0.15) is 25.8 Å². The summed E-state index contributed by atoms with van der Waals surface area (Å²) in [7, 11) is -3.88. The summed E-state index contributed by atoms with van der Waals surface area (Å²) in [5, 5.41) is 3.76. The molecule has 1 saturated carbocycles. The summed E-state index contributed by atoms with van der Waals surface area (Å²) in [6.07, 6.45) is 5.27. The van der Waals surface area contributed by atoms with E-state index in [1.807, 2.05) is 6.92 Å². The Morgan fingerprint density at radius 3 is 2.36 bits per heavy atom. The molecule has 1 atom stereocenters. The second kappa shape index (κ2) is 12.7. The Morgan fingerprint density at radius 2 is 1.72 bits per heavy atom. The third-order valence-electron chi connectivity index (χ3n) is 6.92. The van der Waals surface area contributed by atoms with Crippen molar-refractivity contribution < 1.29 is 27.5 Å². The smallest absolute Gasteiger partial charge is 0.244 e. The van der Waals surface area contributed by atoms with Crippen molar-refractivity contribution in [1.29, 1.82) is 0 Å². The minimum atomic E-state index is -3.88. The van der Waals surface area contributed by atoms with E-state index in [4.69, 9.17) is 32.7 Å². The van der Waals surface area contributed by atoms with Gasteiger partial charge in [-0.05, 0) is 49.1 Å². The first kappa shape index (κ1) is 29.3. The molecule has 1 heterocycles. The number of hydrogen-bond acceptors (Lipinski definition) is 6. The minimum absolute atomic E-state index is 0.0467. The Kier molecular flexibility index (Phi) is 9.51. The molecule has 1 aliphatic carbocycles. The average molecular weight is 599 g/mol. The molecule has 39 heavy (non-hydrogen) atoms. The first-order chi connectivity index (χ1) is 18.6. The molecule has 0 saturated heterocycles. The molecule has 2 amide bonds. The van der Waals surface area contributed by atoms with Gasteiger partial charge < -0.3 is 19.7 Å². The molecule has 0 aromatic heterocycles. The SMILES string of the molecule is CCC(C(=O)NC1CCCC1)N(Cc1ccc(Cl)c(Cl)c1)C(=O)CN(c1ccc2c(c1)OCCO2)S(C)(=O)=O. The van der Waals surface area contributed by atoms with Crippen molar-refractivity contribution in [2.45, 2.75) is 57.7 Å². The summed E-state index contributed by atoms with van der Waals surface area (Å²) < 4.78 is 37.9. The molecular formula is C27H33Cl2N3O6S. The van der Waals surface area contributed by atoms with E-state index >= 15 is 0 Å². The molecule has 212 valence electrons. The fourth-order valence-electron chi connectivity index (χ4n) is 4.92. The average Bonchev–Trinajstić information content (AvgIpc) is 3.41. The van der Waals surface area contributed by atoms with Crippen LogP contribution in [0.15, 0.2) is 36.4 Å². The number of rotatable bonds is 10. The van der Waals surface area contributed by atoms with E-state index in [2.05, 4.69) is 5.32 Å². The summed E-state index contributed by atoms with van der Waals surface area (Å²) in [5.41, 5.74) is 0.920. The lowest BCUT2D eigenvalue weighted by molar-refractivity contribution is -0.140. The molecule has 1 fully saturated rings. The highest BCUT2D eigenvalue weighted by Gasteiger charge is 2.33. The number of hydrogen-bond donors (Lipinski definition) is 1. The van der Waals surface area contributed by atoms with Gasteiger partial charge in [0.05, 0.1) is 22.0 Å². The van der Waals surface area contributed by atoms with Crippen LogP contribution in [0.5, 0.6) is 11.5 Å². The van der Waals surface area contributed by atoms with Crippen molar-refractivity contribution in [3.63, 3.8) is 0 Å². The Labute approximate surface area is 239 Å². The van der Waals surface area contributed by atoms with E-state index in [-0.39, 0.29) is 24.2 Å². The van der Waals surface area contributed by atoms with E-state index in [1.54, 1.807) is 30.3 Å². The molecule has 0 spiro atoms. The molecule has 1 aliphatic heterocycles. The maximum Gasteiger partial charge on any atom is 0.244 e. The predicted octanol–water partition coefficient (Wildman–Crippen LogP) is 4.40. The van der Waals surface area contributed by atoms with Gasteiger partial charge in [0.25, 0.3) is 0 Å². The number of nitrogens with one attached hydrogen (secondary N) is 1. The van der Waals surface area contributed by atoms with Crippen molar-refractivity contribution in [3.05, 3.63) is 52.0 Å². The maximum absolute atomic E-state index is 13.9. The second-order valence-electron chi connectivity index (χ2n) is 9.78. The standard InChI is InChI=1S/C27H33Cl2N3O6S/c1-3-23(27(34)30-19-6-4-5-7-19)31(16-18-8-10-21(28)22(29)14-18)26(33)17-32(39(2,35)36)20-9-11-24-25(15-20)38-13-12-37-24/h8-11,14-15,19,23H,3-7,12-13,16-17H2,1-2H3,(H,30,34). The van der Waals surface area contributed by atoms with Crippen molar-refractivity contribution in [2.24, 2.45) is 0 Å². The number of halogens is 2. The van der Waals surface area contributed by atoms with Gasteiger partial charge in [-0.3, -0.25) is 13.9 Å². The highest BCUT2D eigenvalue weighted by molar-refractivity contribution is 7.92. The summed E-state index contributed by atoms with van der Waals surface area (Å²) in [5.74, 6) is 0.105. The maximum atomic E-state index is 13.9. The van der Waals surface area contributed by atoms with Crippen LogP contribution in [0.25, 0.3) is 0 Å². The van der Waals surface area contributed by atoms with Gasteiger partial charge in [-0.1, -0.05) is 49.0 Å². The van der Waals surface area contributed by atoms with E-state index < -0.39 is 28.5 Å². The number of fused-ring (bicyclic) bond motifs is 1. The van der Waals surface area contributed by atoms with Crippen molar-refractivity contribution >= 4 is 50.7 Å². The molecule has 4 rings (SSSR count). The lowest BCUT2D eigenvalue weighted by Crippen LogP contribution is -2.53. The van der Waals surface area contributed by atoms with Crippen molar-refractivity contribution in [1.82, 2.24) is 10.2 Å². The molecule has 2 aliphatic rings. The lowest BCUT2D eigenvalue weighted by Gasteiger charge is -2.33. The van der Waals surface area contributed by atoms with Gasteiger partial charge in [0.2, 0.25) is 21.8 Å². The highest BCUT2D eigenvalue weighted by Crippen LogP contribution is 2.35. The Balaban J connectivity index is 1.64. The first-order valence-corrected chi connectivity index (χ1v) is 15.6. The predicted molar refractivity (Wildman–Crippen MR) is 151 cm³/mol. The van der Waals surface area contributed by atoms with E-state index in [0.717, 1.165) is 36.2 Å². The highest BCUT2D eigenvalue weighted by atomic mass is 35.5. The molecule has 1 unspecified atom stereocenters. The Morgan fingerprint density at radius 1 is 1.03 bits per heavy atom. The topological polar surface area (TPSA) is 105 Å².